The maximum absolute atomic E-state index is 5.59. The summed E-state index contributed by atoms with van der Waals surface area (Å²) in [5.74, 6) is 0.657. The van der Waals surface area contributed by atoms with Gasteiger partial charge >= 0.3 is 0 Å². The molecule has 2 heteroatoms. The molecule has 2 nitrogen and oxygen atoms in total. The fourth-order valence-electron chi connectivity index (χ4n) is 1.61. The lowest BCUT2D eigenvalue weighted by atomic mass is 10.2. The topological polar surface area (TPSA) is 18.5 Å². The molecule has 0 aliphatic carbocycles. The van der Waals surface area contributed by atoms with Crippen LogP contribution in [-0.2, 0) is 11.2 Å². The molecule has 0 aromatic heterocycles. The summed E-state index contributed by atoms with van der Waals surface area (Å²) in [4.78, 5) is 0. The van der Waals surface area contributed by atoms with E-state index in [0.717, 1.165) is 6.42 Å². The van der Waals surface area contributed by atoms with Crippen molar-refractivity contribution in [1.29, 1.82) is 0 Å². The average molecular weight is 240 g/mol. The summed E-state index contributed by atoms with van der Waals surface area (Å²) in [5, 5.41) is 0. The van der Waals surface area contributed by atoms with Gasteiger partial charge in [0.15, 0.2) is 12.0 Å². The molecule has 0 saturated heterocycles. The summed E-state index contributed by atoms with van der Waals surface area (Å²) < 4.78 is 11.1. The zero-order chi connectivity index (χ0) is 12.6. The van der Waals surface area contributed by atoms with Crippen molar-refractivity contribution in [2.75, 3.05) is 6.61 Å². The Bertz CT molecular complexity index is 439. The Kier molecular flexibility index (Phi) is 4.63. The van der Waals surface area contributed by atoms with Crippen LogP contribution in [0.4, 0.5) is 0 Å². The second-order valence-electron chi connectivity index (χ2n) is 3.95. The van der Waals surface area contributed by atoms with Gasteiger partial charge in [0.1, 0.15) is 0 Å². The minimum absolute atomic E-state index is 0.277. The Hall–Kier alpha value is -1.98. The van der Waals surface area contributed by atoms with Crippen LogP contribution >= 0.6 is 0 Å². The highest BCUT2D eigenvalue weighted by molar-refractivity contribution is 5.15. The lowest BCUT2D eigenvalue weighted by Crippen LogP contribution is -2.17. The van der Waals surface area contributed by atoms with E-state index in [1.165, 1.54) is 5.56 Å². The van der Waals surface area contributed by atoms with Crippen LogP contribution in [-0.4, -0.2) is 12.9 Å². The van der Waals surface area contributed by atoms with Gasteiger partial charge in [0.05, 0.1) is 6.61 Å². The highest BCUT2D eigenvalue weighted by Crippen LogP contribution is 2.08. The number of hydrogen-bond donors (Lipinski definition) is 0. The van der Waals surface area contributed by atoms with E-state index in [-0.39, 0.29) is 6.29 Å². The van der Waals surface area contributed by atoms with Gasteiger partial charge in [-0.3, -0.25) is 0 Å². The summed E-state index contributed by atoms with van der Waals surface area (Å²) >= 11 is 0. The summed E-state index contributed by atoms with van der Waals surface area (Å²) in [6.45, 7) is 2.52. The van der Waals surface area contributed by atoms with E-state index >= 15 is 0 Å². The number of rotatable bonds is 6. The Labute approximate surface area is 108 Å². The van der Waals surface area contributed by atoms with Crippen LogP contribution in [0.15, 0.2) is 48.5 Å². The molecule has 18 heavy (non-hydrogen) atoms. The fourth-order valence-corrected chi connectivity index (χ4v) is 1.61. The van der Waals surface area contributed by atoms with E-state index in [0.29, 0.717) is 12.4 Å². The van der Waals surface area contributed by atoms with Gasteiger partial charge in [-0.2, -0.15) is 0 Å². The van der Waals surface area contributed by atoms with Gasteiger partial charge in [0.2, 0.25) is 0 Å². The van der Waals surface area contributed by atoms with Crippen molar-refractivity contribution in [1.82, 2.24) is 0 Å². The first-order valence-electron chi connectivity index (χ1n) is 6.05. The summed E-state index contributed by atoms with van der Waals surface area (Å²) in [7, 11) is 0. The molecule has 92 valence electrons. The van der Waals surface area contributed by atoms with E-state index in [9.17, 15) is 0 Å². The van der Waals surface area contributed by atoms with Crippen molar-refractivity contribution in [2.24, 2.45) is 0 Å². The van der Waals surface area contributed by atoms with Gasteiger partial charge in [0, 0.05) is 0 Å². The number of ether oxygens (including phenoxy) is 2. The zero-order valence-electron chi connectivity index (χ0n) is 10.4. The largest absolute Gasteiger partial charge is 0.457 e. The van der Waals surface area contributed by atoms with Crippen LogP contribution in [0.1, 0.15) is 12.5 Å². The number of hydrogen-bond acceptors (Lipinski definition) is 2. The van der Waals surface area contributed by atoms with Crippen molar-refractivity contribution < 1.29 is 9.47 Å². The van der Waals surface area contributed by atoms with Gasteiger partial charge in [-0.05, 0) is 43.2 Å². The molecule has 0 aliphatic rings. The fraction of sp³-hybridized carbons (Fsp3) is 0.250. The molecule has 0 radical (unpaired) electrons. The molecule has 1 unspecified atom stereocenters. The quantitative estimate of drug-likeness (QED) is 0.721. The third-order valence-corrected chi connectivity index (χ3v) is 2.50. The Morgan fingerprint density at radius 3 is 2.67 bits per heavy atom. The van der Waals surface area contributed by atoms with Crippen molar-refractivity contribution in [2.45, 2.75) is 19.6 Å². The Balaban J connectivity index is 1.71. The van der Waals surface area contributed by atoms with Crippen molar-refractivity contribution >= 4 is 0 Å². The first-order valence-corrected chi connectivity index (χ1v) is 6.05. The predicted molar refractivity (Wildman–Crippen MR) is 70.3 cm³/mol. The van der Waals surface area contributed by atoms with E-state index in [2.05, 4.69) is 24.3 Å². The summed E-state index contributed by atoms with van der Waals surface area (Å²) in [6.07, 6.45) is 0.611. The molecule has 0 amide bonds. The monoisotopic (exact) mass is 240 g/mol. The molecule has 0 spiro atoms. The minimum atomic E-state index is -0.277. The van der Waals surface area contributed by atoms with Crippen LogP contribution in [0.25, 0.3) is 0 Å². The third-order valence-electron chi connectivity index (χ3n) is 2.50. The predicted octanol–water partition coefficient (Wildman–Crippen LogP) is 3.27. The summed E-state index contributed by atoms with van der Waals surface area (Å²) in [6, 6.07) is 21.5. The van der Waals surface area contributed by atoms with Crippen LogP contribution in [0, 0.1) is 12.1 Å². The van der Waals surface area contributed by atoms with Gasteiger partial charge in [0.25, 0.3) is 0 Å². The molecule has 2 rings (SSSR count). The SMILES string of the molecule is CC(OCCc1ccccc1)Oc1c#cccc1. The van der Waals surface area contributed by atoms with Gasteiger partial charge in [-0.15, -0.1) is 0 Å². The second kappa shape index (κ2) is 6.68. The summed E-state index contributed by atoms with van der Waals surface area (Å²) in [5.41, 5.74) is 1.27. The van der Waals surface area contributed by atoms with Crippen LogP contribution in [0.5, 0.6) is 5.75 Å². The zero-order valence-corrected chi connectivity index (χ0v) is 10.4. The van der Waals surface area contributed by atoms with Crippen LogP contribution in [0.2, 0.25) is 0 Å². The van der Waals surface area contributed by atoms with E-state index in [1.807, 2.05) is 37.3 Å². The molecule has 2 aromatic carbocycles. The van der Waals surface area contributed by atoms with Gasteiger partial charge < -0.3 is 9.47 Å². The van der Waals surface area contributed by atoms with E-state index in [1.54, 1.807) is 6.07 Å². The molecule has 2 aromatic rings. The van der Waals surface area contributed by atoms with E-state index in [4.69, 9.17) is 9.47 Å². The third kappa shape index (κ3) is 4.12. The molecule has 0 N–H and O–H groups in total. The maximum Gasteiger partial charge on any atom is 0.197 e. The lowest BCUT2D eigenvalue weighted by molar-refractivity contribution is -0.0654. The molecule has 1 atom stereocenters. The van der Waals surface area contributed by atoms with Gasteiger partial charge in [-0.1, -0.05) is 36.4 Å². The molecule has 0 saturated carbocycles. The van der Waals surface area contributed by atoms with Crippen molar-refractivity contribution in [3.8, 4) is 5.75 Å². The first-order chi connectivity index (χ1) is 8.84. The molecule has 0 bridgehead atoms. The van der Waals surface area contributed by atoms with Gasteiger partial charge in [-0.25, -0.2) is 0 Å². The van der Waals surface area contributed by atoms with Crippen LogP contribution in [0.3, 0.4) is 0 Å². The van der Waals surface area contributed by atoms with Crippen molar-refractivity contribution in [3.63, 3.8) is 0 Å². The minimum Gasteiger partial charge on any atom is -0.457 e. The highest BCUT2D eigenvalue weighted by Gasteiger charge is 2.03. The lowest BCUT2D eigenvalue weighted by Gasteiger charge is -2.14. The molecular weight excluding hydrogens is 224 g/mol. The molecule has 0 fully saturated rings. The molecule has 0 aliphatic heterocycles. The van der Waals surface area contributed by atoms with E-state index < -0.39 is 0 Å². The van der Waals surface area contributed by atoms with Crippen molar-refractivity contribution in [3.05, 3.63) is 66.2 Å². The molecular formula is C16H16O2. The maximum atomic E-state index is 5.59. The Morgan fingerprint density at radius 1 is 1.11 bits per heavy atom. The Morgan fingerprint density at radius 2 is 1.94 bits per heavy atom. The standard InChI is InChI=1S/C16H16O2/c1-14(18-16-10-6-3-7-11-16)17-13-12-15-8-4-2-5-9-15/h2-6,8-10,14H,12-13H2,1H3. The smallest absolute Gasteiger partial charge is 0.197 e. The molecule has 0 heterocycles. The average Bonchev–Trinajstić information content (AvgIpc) is 2.41. The normalized spacial score (nSPS) is 11.6. The van der Waals surface area contributed by atoms with Crippen LogP contribution < -0.4 is 4.74 Å². The highest BCUT2D eigenvalue weighted by atomic mass is 16.7. The number of benzene rings is 1. The second-order valence-corrected chi connectivity index (χ2v) is 3.95. The first kappa shape index (κ1) is 12.5.